The summed E-state index contributed by atoms with van der Waals surface area (Å²) >= 11 is 0. The lowest BCUT2D eigenvalue weighted by Crippen LogP contribution is -1.93. The fourth-order valence-electron chi connectivity index (χ4n) is 0.845. The standard InChI is InChI=1S/C9H10N2O/c1-2-12-7-8-3-4-11-9(5-8)6-10/h3-5H,2,7H2,1H3. The van der Waals surface area contributed by atoms with Gasteiger partial charge < -0.3 is 4.74 Å². The predicted molar refractivity (Wildman–Crippen MR) is 44.3 cm³/mol. The first-order valence-electron chi connectivity index (χ1n) is 3.79. The van der Waals surface area contributed by atoms with Crippen LogP contribution in [0.5, 0.6) is 0 Å². The minimum absolute atomic E-state index is 0.437. The Hall–Kier alpha value is -1.40. The Balaban J connectivity index is 2.68. The molecule has 3 heteroatoms. The zero-order chi connectivity index (χ0) is 8.81. The summed E-state index contributed by atoms with van der Waals surface area (Å²) in [7, 11) is 0. The molecule has 0 aliphatic rings. The molecule has 0 radical (unpaired) electrons. The van der Waals surface area contributed by atoms with Crippen LogP contribution in [0.4, 0.5) is 0 Å². The van der Waals surface area contributed by atoms with E-state index in [-0.39, 0.29) is 0 Å². The van der Waals surface area contributed by atoms with Gasteiger partial charge in [-0.25, -0.2) is 4.98 Å². The first-order valence-corrected chi connectivity index (χ1v) is 3.79. The maximum absolute atomic E-state index is 8.53. The van der Waals surface area contributed by atoms with E-state index >= 15 is 0 Å². The summed E-state index contributed by atoms with van der Waals surface area (Å²) in [6.07, 6.45) is 1.62. The van der Waals surface area contributed by atoms with Crippen molar-refractivity contribution in [2.75, 3.05) is 6.61 Å². The summed E-state index contributed by atoms with van der Waals surface area (Å²) in [6, 6.07) is 5.55. The van der Waals surface area contributed by atoms with Crippen molar-refractivity contribution in [2.45, 2.75) is 13.5 Å². The Morgan fingerprint density at radius 1 is 1.67 bits per heavy atom. The molecule has 0 saturated carbocycles. The number of pyridine rings is 1. The van der Waals surface area contributed by atoms with Gasteiger partial charge in [0.05, 0.1) is 6.61 Å². The lowest BCUT2D eigenvalue weighted by Gasteiger charge is -1.99. The van der Waals surface area contributed by atoms with Crippen LogP contribution in [-0.2, 0) is 11.3 Å². The van der Waals surface area contributed by atoms with E-state index < -0.39 is 0 Å². The van der Waals surface area contributed by atoms with Crippen LogP contribution in [0.25, 0.3) is 0 Å². The van der Waals surface area contributed by atoms with Crippen LogP contribution in [0.1, 0.15) is 18.2 Å². The number of nitriles is 1. The lowest BCUT2D eigenvalue weighted by atomic mass is 10.2. The molecule has 0 spiro atoms. The molecule has 0 aliphatic carbocycles. The van der Waals surface area contributed by atoms with E-state index in [4.69, 9.17) is 10.00 Å². The van der Waals surface area contributed by atoms with Crippen molar-refractivity contribution < 1.29 is 4.74 Å². The summed E-state index contributed by atoms with van der Waals surface area (Å²) < 4.78 is 5.18. The molecule has 0 fully saturated rings. The molecule has 62 valence electrons. The highest BCUT2D eigenvalue weighted by Gasteiger charge is 1.94. The van der Waals surface area contributed by atoms with Crippen LogP contribution in [0.3, 0.4) is 0 Å². The van der Waals surface area contributed by atoms with E-state index in [1.54, 1.807) is 12.3 Å². The van der Waals surface area contributed by atoms with Crippen LogP contribution in [0, 0.1) is 11.3 Å². The molecular formula is C9H10N2O. The third-order valence-electron chi connectivity index (χ3n) is 1.41. The van der Waals surface area contributed by atoms with Gasteiger partial charge >= 0.3 is 0 Å². The van der Waals surface area contributed by atoms with Gasteiger partial charge in [0.15, 0.2) is 0 Å². The van der Waals surface area contributed by atoms with Gasteiger partial charge in [-0.1, -0.05) is 0 Å². The quantitative estimate of drug-likeness (QED) is 0.676. The minimum Gasteiger partial charge on any atom is -0.377 e. The zero-order valence-electron chi connectivity index (χ0n) is 6.95. The molecule has 0 atom stereocenters. The molecule has 0 N–H and O–H groups in total. The zero-order valence-corrected chi connectivity index (χ0v) is 6.95. The third-order valence-corrected chi connectivity index (χ3v) is 1.41. The highest BCUT2D eigenvalue weighted by molar-refractivity contribution is 5.24. The van der Waals surface area contributed by atoms with Crippen molar-refractivity contribution in [3.05, 3.63) is 29.6 Å². The Labute approximate surface area is 71.6 Å². The van der Waals surface area contributed by atoms with Crippen LogP contribution in [-0.4, -0.2) is 11.6 Å². The van der Waals surface area contributed by atoms with Gasteiger partial charge in [0.25, 0.3) is 0 Å². The second kappa shape index (κ2) is 4.47. The number of aromatic nitrogens is 1. The lowest BCUT2D eigenvalue weighted by molar-refractivity contribution is 0.134. The molecule has 0 aliphatic heterocycles. The number of hydrogen-bond donors (Lipinski definition) is 0. The monoisotopic (exact) mass is 162 g/mol. The Kier molecular flexibility index (Phi) is 3.24. The van der Waals surface area contributed by atoms with Crippen molar-refractivity contribution in [1.29, 1.82) is 5.26 Å². The number of ether oxygens (including phenoxy) is 1. The molecular weight excluding hydrogens is 152 g/mol. The summed E-state index contributed by atoms with van der Waals surface area (Å²) in [6.45, 7) is 3.17. The molecule has 0 aromatic carbocycles. The maximum atomic E-state index is 8.53. The number of rotatable bonds is 3. The van der Waals surface area contributed by atoms with E-state index in [1.807, 2.05) is 19.1 Å². The van der Waals surface area contributed by atoms with Crippen molar-refractivity contribution in [3.63, 3.8) is 0 Å². The summed E-state index contributed by atoms with van der Waals surface area (Å²) in [4.78, 5) is 3.85. The summed E-state index contributed by atoms with van der Waals surface area (Å²) in [5, 5.41) is 8.53. The summed E-state index contributed by atoms with van der Waals surface area (Å²) in [5.74, 6) is 0. The normalized spacial score (nSPS) is 9.33. The molecule has 0 unspecified atom stereocenters. The first-order chi connectivity index (χ1) is 5.86. The summed E-state index contributed by atoms with van der Waals surface area (Å²) in [5.41, 5.74) is 1.43. The second-order valence-corrected chi connectivity index (χ2v) is 2.30. The van der Waals surface area contributed by atoms with Crippen molar-refractivity contribution in [2.24, 2.45) is 0 Å². The van der Waals surface area contributed by atoms with Crippen molar-refractivity contribution in [1.82, 2.24) is 4.98 Å². The van der Waals surface area contributed by atoms with Gasteiger partial charge in [0.1, 0.15) is 11.8 Å². The molecule has 0 amide bonds. The highest BCUT2D eigenvalue weighted by atomic mass is 16.5. The minimum atomic E-state index is 0.437. The van der Waals surface area contributed by atoms with Gasteiger partial charge in [-0.15, -0.1) is 0 Å². The SMILES string of the molecule is CCOCc1ccnc(C#N)c1. The number of hydrogen-bond acceptors (Lipinski definition) is 3. The van der Waals surface area contributed by atoms with E-state index in [9.17, 15) is 0 Å². The average molecular weight is 162 g/mol. The predicted octanol–water partition coefficient (Wildman–Crippen LogP) is 1.49. The molecule has 3 nitrogen and oxygen atoms in total. The van der Waals surface area contributed by atoms with Crippen molar-refractivity contribution in [3.8, 4) is 6.07 Å². The van der Waals surface area contributed by atoms with Gasteiger partial charge in [0.2, 0.25) is 0 Å². The topological polar surface area (TPSA) is 45.9 Å². The Bertz CT molecular complexity index is 291. The Morgan fingerprint density at radius 3 is 3.17 bits per heavy atom. The fourth-order valence-corrected chi connectivity index (χ4v) is 0.845. The fraction of sp³-hybridized carbons (Fsp3) is 0.333. The molecule has 1 rings (SSSR count). The molecule has 1 aromatic rings. The molecule has 0 bridgehead atoms. The van der Waals surface area contributed by atoms with Gasteiger partial charge in [0, 0.05) is 12.8 Å². The van der Waals surface area contributed by atoms with Gasteiger partial charge in [-0.2, -0.15) is 5.26 Å². The van der Waals surface area contributed by atoms with Crippen LogP contribution in [0.15, 0.2) is 18.3 Å². The average Bonchev–Trinajstić information content (AvgIpc) is 2.15. The van der Waals surface area contributed by atoms with E-state index in [1.165, 1.54) is 0 Å². The highest BCUT2D eigenvalue weighted by Crippen LogP contribution is 2.02. The van der Waals surface area contributed by atoms with Crippen LogP contribution >= 0.6 is 0 Å². The van der Waals surface area contributed by atoms with Gasteiger partial charge in [-0.05, 0) is 24.6 Å². The maximum Gasteiger partial charge on any atom is 0.140 e. The number of nitrogens with zero attached hydrogens (tertiary/aromatic N) is 2. The van der Waals surface area contributed by atoms with Crippen LogP contribution in [0.2, 0.25) is 0 Å². The second-order valence-electron chi connectivity index (χ2n) is 2.30. The Morgan fingerprint density at radius 2 is 2.50 bits per heavy atom. The van der Waals surface area contributed by atoms with E-state index in [0.29, 0.717) is 18.9 Å². The van der Waals surface area contributed by atoms with Crippen LogP contribution < -0.4 is 0 Å². The van der Waals surface area contributed by atoms with Gasteiger partial charge in [-0.3, -0.25) is 0 Å². The molecule has 0 saturated heterocycles. The first kappa shape index (κ1) is 8.69. The smallest absolute Gasteiger partial charge is 0.140 e. The molecule has 12 heavy (non-hydrogen) atoms. The van der Waals surface area contributed by atoms with E-state index in [2.05, 4.69) is 4.98 Å². The third kappa shape index (κ3) is 2.33. The van der Waals surface area contributed by atoms with Crippen molar-refractivity contribution >= 4 is 0 Å². The molecule has 1 heterocycles. The largest absolute Gasteiger partial charge is 0.377 e. The van der Waals surface area contributed by atoms with E-state index in [0.717, 1.165) is 5.56 Å². The molecule has 1 aromatic heterocycles.